The van der Waals surface area contributed by atoms with Gasteiger partial charge in [-0.15, -0.1) is 10.2 Å². The molecule has 2 atom stereocenters. The van der Waals surface area contributed by atoms with E-state index < -0.39 is 18.1 Å². The zero-order chi connectivity index (χ0) is 27.1. The number of esters is 1. The number of aromatic amines is 1. The molecule has 0 saturated heterocycles. The number of unbranched alkanes of at least 4 members (excludes halogenated alkanes) is 1. The number of likely N-dealkylation sites (N-methyl/N-ethyl adjacent to an activating group) is 1. The van der Waals surface area contributed by atoms with Gasteiger partial charge in [0.25, 0.3) is 0 Å². The van der Waals surface area contributed by atoms with Crippen LogP contribution in [0, 0.1) is 0 Å². The molecule has 0 spiro atoms. The Morgan fingerprint density at radius 1 is 1.18 bits per heavy atom. The Balaban J connectivity index is 1.58. The second kappa shape index (κ2) is 12.8. The number of carbonyl (C=O) groups excluding carboxylic acids is 1. The van der Waals surface area contributed by atoms with Crippen LogP contribution in [0.2, 0.25) is 5.15 Å². The molecule has 3 N–H and O–H groups in total. The summed E-state index contributed by atoms with van der Waals surface area (Å²) in [7, 11) is 1.60. The molecular formula is C27H32ClN7O3. The van der Waals surface area contributed by atoms with Crippen molar-refractivity contribution in [3.05, 3.63) is 70.8 Å². The number of aliphatic hydroxyl groups excluding tert-OH is 1. The predicted molar refractivity (Wildman–Crippen MR) is 144 cm³/mol. The van der Waals surface area contributed by atoms with Gasteiger partial charge < -0.3 is 19.7 Å². The summed E-state index contributed by atoms with van der Waals surface area (Å²) in [5.41, 5.74) is 4.58. The maximum Gasteiger partial charge on any atom is 0.326 e. The topological polar surface area (TPSA) is 131 Å². The molecule has 1 unspecified atom stereocenters. The smallest absolute Gasteiger partial charge is 0.326 e. The molecule has 0 saturated carbocycles. The highest BCUT2D eigenvalue weighted by molar-refractivity contribution is 6.30. The average molecular weight is 538 g/mol. The van der Waals surface area contributed by atoms with E-state index in [1.807, 2.05) is 28.8 Å². The molecule has 0 aliphatic rings. The van der Waals surface area contributed by atoms with Gasteiger partial charge in [0.15, 0.2) is 5.15 Å². The number of hydrogen-bond acceptors (Lipinski definition) is 8. The third-order valence-electron chi connectivity index (χ3n) is 6.37. The minimum Gasteiger partial charge on any atom is -0.458 e. The molecule has 0 fully saturated rings. The molecule has 2 aromatic heterocycles. The zero-order valence-corrected chi connectivity index (χ0v) is 22.4. The number of tetrazole rings is 1. The fraction of sp³-hybridized carbons (Fsp3) is 0.370. The Labute approximate surface area is 226 Å². The Hall–Kier alpha value is -3.60. The van der Waals surface area contributed by atoms with Crippen LogP contribution in [0.15, 0.2) is 48.5 Å². The minimum atomic E-state index is -0.892. The van der Waals surface area contributed by atoms with Gasteiger partial charge in [0, 0.05) is 18.5 Å². The first kappa shape index (κ1) is 27.4. The van der Waals surface area contributed by atoms with Crippen molar-refractivity contribution in [2.24, 2.45) is 0 Å². The van der Waals surface area contributed by atoms with Crippen LogP contribution in [-0.2, 0) is 29.1 Å². The van der Waals surface area contributed by atoms with Crippen molar-refractivity contribution < 1.29 is 14.6 Å². The SMILES string of the molecule is CCCCc1nc(Cl)c(COC(=O)C(NC)[C@@H](C)O)n1Cc1ccc(-c2ccccc2-c2nn[nH]n2)cc1. The van der Waals surface area contributed by atoms with Crippen LogP contribution >= 0.6 is 11.6 Å². The van der Waals surface area contributed by atoms with E-state index >= 15 is 0 Å². The summed E-state index contributed by atoms with van der Waals surface area (Å²) in [5, 5.41) is 27.4. The largest absolute Gasteiger partial charge is 0.458 e. The van der Waals surface area contributed by atoms with Crippen molar-refractivity contribution in [1.82, 2.24) is 35.5 Å². The lowest BCUT2D eigenvalue weighted by Crippen LogP contribution is -2.43. The lowest BCUT2D eigenvalue weighted by molar-refractivity contribution is -0.150. The van der Waals surface area contributed by atoms with Gasteiger partial charge in [-0.1, -0.05) is 73.5 Å². The second-order valence-corrected chi connectivity index (χ2v) is 9.41. The lowest BCUT2D eigenvalue weighted by atomic mass is 9.98. The Bertz CT molecular complexity index is 1340. The first-order chi connectivity index (χ1) is 18.4. The number of nitrogens with zero attached hydrogens (tertiary/aromatic N) is 5. The number of aromatic nitrogens is 6. The second-order valence-electron chi connectivity index (χ2n) is 9.05. The number of aliphatic hydroxyl groups is 1. The molecule has 0 radical (unpaired) electrons. The van der Waals surface area contributed by atoms with Gasteiger partial charge in [-0.2, -0.15) is 5.21 Å². The van der Waals surface area contributed by atoms with Gasteiger partial charge in [-0.25, -0.2) is 4.98 Å². The van der Waals surface area contributed by atoms with Crippen molar-refractivity contribution in [3.63, 3.8) is 0 Å². The normalized spacial score (nSPS) is 12.9. The van der Waals surface area contributed by atoms with Crippen LogP contribution in [0.25, 0.3) is 22.5 Å². The fourth-order valence-electron chi connectivity index (χ4n) is 4.32. The number of nitrogens with one attached hydrogen (secondary N) is 2. The molecule has 4 rings (SSSR count). The average Bonchev–Trinajstić information content (AvgIpc) is 3.55. The summed E-state index contributed by atoms with van der Waals surface area (Å²) in [5.74, 6) is 0.828. The summed E-state index contributed by atoms with van der Waals surface area (Å²) in [4.78, 5) is 17.1. The summed E-state index contributed by atoms with van der Waals surface area (Å²) < 4.78 is 7.54. The number of rotatable bonds is 12. The molecule has 4 aromatic rings. The van der Waals surface area contributed by atoms with Crippen LogP contribution in [0.5, 0.6) is 0 Å². The first-order valence-corrected chi connectivity index (χ1v) is 13.0. The molecule has 10 nitrogen and oxygen atoms in total. The standard InChI is InChI=1S/C27H32ClN7O3/c1-4-5-10-23-30-25(28)22(16-38-27(37)24(29-3)17(2)36)35(23)15-18-11-13-19(14-12-18)20-8-6-7-9-21(20)26-31-33-34-32-26/h6-9,11-14,17,24,29,36H,4-5,10,15-16H2,1-3H3,(H,31,32,33,34)/t17-,24?/m1/s1. The van der Waals surface area contributed by atoms with Crippen molar-refractivity contribution in [1.29, 1.82) is 0 Å². The number of imidazole rings is 1. The highest BCUT2D eigenvalue weighted by Crippen LogP contribution is 2.30. The molecule has 38 heavy (non-hydrogen) atoms. The van der Waals surface area contributed by atoms with Crippen LogP contribution in [0.1, 0.15) is 43.8 Å². The molecule has 0 bridgehead atoms. The molecule has 0 aliphatic heterocycles. The lowest BCUT2D eigenvalue weighted by Gasteiger charge is -2.18. The molecule has 200 valence electrons. The van der Waals surface area contributed by atoms with E-state index in [4.69, 9.17) is 16.3 Å². The predicted octanol–water partition coefficient (Wildman–Crippen LogP) is 3.79. The van der Waals surface area contributed by atoms with Crippen molar-refractivity contribution >= 4 is 17.6 Å². The van der Waals surface area contributed by atoms with E-state index in [1.54, 1.807) is 7.05 Å². The molecule has 2 aromatic carbocycles. The van der Waals surface area contributed by atoms with E-state index in [1.165, 1.54) is 6.92 Å². The summed E-state index contributed by atoms with van der Waals surface area (Å²) in [6, 6.07) is 15.3. The van der Waals surface area contributed by atoms with E-state index in [0.29, 0.717) is 23.2 Å². The number of halogens is 1. The third-order valence-corrected chi connectivity index (χ3v) is 6.68. The Morgan fingerprint density at radius 3 is 2.55 bits per heavy atom. The van der Waals surface area contributed by atoms with Crippen molar-refractivity contribution in [2.45, 2.75) is 58.4 Å². The first-order valence-electron chi connectivity index (χ1n) is 12.6. The van der Waals surface area contributed by atoms with Crippen LogP contribution in [0.4, 0.5) is 0 Å². The molecular weight excluding hydrogens is 506 g/mol. The number of hydrogen-bond donors (Lipinski definition) is 3. The number of ether oxygens (including phenoxy) is 1. The number of benzene rings is 2. The van der Waals surface area contributed by atoms with Gasteiger partial charge in [0.05, 0.1) is 11.8 Å². The third kappa shape index (κ3) is 6.27. The number of aryl methyl sites for hydroxylation is 1. The van der Waals surface area contributed by atoms with Gasteiger partial charge >= 0.3 is 5.97 Å². The van der Waals surface area contributed by atoms with Crippen LogP contribution < -0.4 is 5.32 Å². The van der Waals surface area contributed by atoms with E-state index in [9.17, 15) is 9.90 Å². The van der Waals surface area contributed by atoms with Crippen LogP contribution in [0.3, 0.4) is 0 Å². The highest BCUT2D eigenvalue weighted by Gasteiger charge is 2.25. The molecule has 2 heterocycles. The zero-order valence-electron chi connectivity index (χ0n) is 21.7. The van der Waals surface area contributed by atoms with Gasteiger partial charge in [-0.3, -0.25) is 4.79 Å². The number of H-pyrrole nitrogens is 1. The number of carbonyl (C=O) groups is 1. The molecule has 0 aliphatic carbocycles. The summed E-state index contributed by atoms with van der Waals surface area (Å²) in [6.45, 7) is 4.13. The highest BCUT2D eigenvalue weighted by atomic mass is 35.5. The van der Waals surface area contributed by atoms with E-state index in [2.05, 4.69) is 62.1 Å². The molecule has 0 amide bonds. The quantitative estimate of drug-likeness (QED) is 0.233. The van der Waals surface area contributed by atoms with E-state index in [0.717, 1.165) is 47.3 Å². The van der Waals surface area contributed by atoms with E-state index in [-0.39, 0.29) is 6.61 Å². The molecule has 11 heteroatoms. The maximum atomic E-state index is 12.5. The fourth-order valence-corrected chi connectivity index (χ4v) is 4.57. The Morgan fingerprint density at radius 2 is 1.92 bits per heavy atom. The monoisotopic (exact) mass is 537 g/mol. The van der Waals surface area contributed by atoms with Crippen molar-refractivity contribution in [3.8, 4) is 22.5 Å². The summed E-state index contributed by atoms with van der Waals surface area (Å²) in [6.07, 6.45) is 1.84. The van der Waals surface area contributed by atoms with Crippen molar-refractivity contribution in [2.75, 3.05) is 7.05 Å². The minimum absolute atomic E-state index is 0.0438. The van der Waals surface area contributed by atoms with Gasteiger partial charge in [-0.05, 0) is 42.3 Å². The van der Waals surface area contributed by atoms with Gasteiger partial charge in [0.1, 0.15) is 18.5 Å². The van der Waals surface area contributed by atoms with Gasteiger partial charge in [0.2, 0.25) is 5.82 Å². The van der Waals surface area contributed by atoms with Crippen LogP contribution in [-0.4, -0.2) is 60.4 Å². The Kier molecular flexibility index (Phi) is 9.22. The summed E-state index contributed by atoms with van der Waals surface area (Å²) >= 11 is 6.52. The maximum absolute atomic E-state index is 12.5.